The lowest BCUT2D eigenvalue weighted by molar-refractivity contribution is -0.144. The smallest absolute Gasteiger partial charge is 0.326 e. The number of carbonyl (C=O) groups is 3. The van der Waals surface area contributed by atoms with Gasteiger partial charge in [0.1, 0.15) is 12.1 Å². The molecule has 0 aromatic heterocycles. The number of ether oxygens (including phenoxy) is 1. The Bertz CT molecular complexity index is 344. The molecule has 102 valence electrons. The average Bonchev–Trinajstić information content (AvgIpc) is 2.69. The van der Waals surface area contributed by atoms with Gasteiger partial charge in [-0.15, -0.1) is 0 Å². The molecule has 7 nitrogen and oxygen atoms in total. The Morgan fingerprint density at radius 3 is 2.61 bits per heavy atom. The number of hydrogen-bond acceptors (Lipinski definition) is 4. The van der Waals surface area contributed by atoms with Crippen LogP contribution in [0.1, 0.15) is 26.2 Å². The fourth-order valence-corrected chi connectivity index (χ4v) is 1.83. The van der Waals surface area contributed by atoms with Crippen LogP contribution in [0.15, 0.2) is 0 Å². The van der Waals surface area contributed by atoms with Gasteiger partial charge in [-0.1, -0.05) is 6.92 Å². The molecule has 0 aliphatic carbocycles. The van der Waals surface area contributed by atoms with Crippen LogP contribution in [0.25, 0.3) is 0 Å². The summed E-state index contributed by atoms with van der Waals surface area (Å²) in [7, 11) is 0. The average molecular weight is 258 g/mol. The van der Waals surface area contributed by atoms with E-state index in [1.165, 1.54) is 0 Å². The Balaban J connectivity index is 2.52. The summed E-state index contributed by atoms with van der Waals surface area (Å²) in [4.78, 5) is 33.3. The predicted molar refractivity (Wildman–Crippen MR) is 61.5 cm³/mol. The van der Waals surface area contributed by atoms with E-state index in [-0.39, 0.29) is 18.8 Å². The van der Waals surface area contributed by atoms with Gasteiger partial charge < -0.3 is 20.9 Å². The molecule has 0 radical (unpaired) electrons. The van der Waals surface area contributed by atoms with E-state index in [9.17, 15) is 14.4 Å². The molecule has 1 heterocycles. The number of rotatable bonds is 6. The van der Waals surface area contributed by atoms with Crippen molar-refractivity contribution in [3.05, 3.63) is 0 Å². The number of nitrogens with two attached hydrogens (primary N) is 1. The molecule has 7 heteroatoms. The van der Waals surface area contributed by atoms with Crippen molar-refractivity contribution < 1.29 is 24.2 Å². The molecule has 2 amide bonds. The Morgan fingerprint density at radius 1 is 1.50 bits per heavy atom. The number of carboxylic acid groups (broad SMARTS) is 1. The van der Waals surface area contributed by atoms with Gasteiger partial charge in [-0.2, -0.15) is 0 Å². The highest BCUT2D eigenvalue weighted by atomic mass is 16.5. The first-order chi connectivity index (χ1) is 8.41. The molecule has 1 aliphatic rings. The zero-order chi connectivity index (χ0) is 13.7. The zero-order valence-electron chi connectivity index (χ0n) is 10.2. The maximum atomic E-state index is 11.8. The third kappa shape index (κ3) is 3.99. The maximum absolute atomic E-state index is 11.8. The van der Waals surface area contributed by atoms with Crippen LogP contribution in [0.4, 0.5) is 0 Å². The lowest BCUT2D eigenvalue weighted by Gasteiger charge is -2.18. The SMILES string of the molecule is CC1CCOC1C(=O)N[C@@H](CCC(N)=O)C(=O)O. The number of primary amides is 1. The standard InChI is InChI=1S/C11H18N2O5/c1-6-4-5-18-9(6)10(15)13-7(11(16)17)2-3-8(12)14/h6-7,9H,2-5H2,1H3,(H2,12,14)(H,13,15)(H,16,17)/t6?,7-,9?/m0/s1. The van der Waals surface area contributed by atoms with E-state index in [2.05, 4.69) is 5.32 Å². The molecule has 1 rings (SSSR count). The van der Waals surface area contributed by atoms with E-state index in [1.54, 1.807) is 0 Å². The van der Waals surface area contributed by atoms with E-state index in [4.69, 9.17) is 15.6 Å². The minimum atomic E-state index is -1.18. The van der Waals surface area contributed by atoms with Crippen molar-refractivity contribution in [3.8, 4) is 0 Å². The van der Waals surface area contributed by atoms with Crippen molar-refractivity contribution in [2.24, 2.45) is 11.7 Å². The quantitative estimate of drug-likeness (QED) is 0.579. The number of carbonyl (C=O) groups excluding carboxylic acids is 2. The molecular weight excluding hydrogens is 240 g/mol. The summed E-state index contributed by atoms with van der Waals surface area (Å²) in [5.74, 6) is -2.16. The van der Waals surface area contributed by atoms with Crippen LogP contribution < -0.4 is 11.1 Å². The van der Waals surface area contributed by atoms with Crippen molar-refractivity contribution >= 4 is 17.8 Å². The summed E-state index contributed by atoms with van der Waals surface area (Å²) in [5.41, 5.74) is 4.95. The molecular formula is C11H18N2O5. The molecule has 0 aromatic carbocycles. The normalized spacial score (nSPS) is 24.5. The number of hydrogen-bond donors (Lipinski definition) is 3. The van der Waals surface area contributed by atoms with Gasteiger partial charge >= 0.3 is 5.97 Å². The van der Waals surface area contributed by atoms with Crippen molar-refractivity contribution in [2.45, 2.75) is 38.3 Å². The molecule has 18 heavy (non-hydrogen) atoms. The first-order valence-electron chi connectivity index (χ1n) is 5.85. The van der Waals surface area contributed by atoms with E-state index in [1.807, 2.05) is 6.92 Å². The molecule has 0 bridgehead atoms. The van der Waals surface area contributed by atoms with Gasteiger partial charge in [0, 0.05) is 13.0 Å². The second-order valence-electron chi connectivity index (χ2n) is 4.46. The summed E-state index contributed by atoms with van der Waals surface area (Å²) in [6.45, 7) is 2.37. The Hall–Kier alpha value is -1.63. The van der Waals surface area contributed by atoms with Crippen molar-refractivity contribution in [1.82, 2.24) is 5.32 Å². The third-order valence-corrected chi connectivity index (χ3v) is 2.94. The van der Waals surface area contributed by atoms with Crippen LogP contribution in [0.2, 0.25) is 0 Å². The molecule has 0 saturated carbocycles. The number of carboxylic acids is 1. The molecule has 1 aliphatic heterocycles. The molecule has 1 fully saturated rings. The first-order valence-corrected chi connectivity index (χ1v) is 5.85. The summed E-state index contributed by atoms with van der Waals surface area (Å²) < 4.78 is 5.24. The highest BCUT2D eigenvalue weighted by molar-refractivity contribution is 5.87. The topological polar surface area (TPSA) is 119 Å². The highest BCUT2D eigenvalue weighted by Gasteiger charge is 2.33. The summed E-state index contributed by atoms with van der Waals surface area (Å²) >= 11 is 0. The highest BCUT2D eigenvalue weighted by Crippen LogP contribution is 2.20. The minimum absolute atomic E-state index is 0.0164. The molecule has 1 saturated heterocycles. The fourth-order valence-electron chi connectivity index (χ4n) is 1.83. The zero-order valence-corrected chi connectivity index (χ0v) is 10.2. The lowest BCUT2D eigenvalue weighted by Crippen LogP contribution is -2.47. The predicted octanol–water partition coefficient (Wildman–Crippen LogP) is -0.754. The van der Waals surface area contributed by atoms with Gasteiger partial charge in [0.05, 0.1) is 0 Å². The maximum Gasteiger partial charge on any atom is 0.326 e. The van der Waals surface area contributed by atoms with Gasteiger partial charge in [-0.05, 0) is 18.8 Å². The van der Waals surface area contributed by atoms with Gasteiger partial charge in [0.15, 0.2) is 0 Å². The molecule has 0 spiro atoms. The van der Waals surface area contributed by atoms with Gasteiger partial charge in [-0.3, -0.25) is 9.59 Å². The van der Waals surface area contributed by atoms with Crippen molar-refractivity contribution in [2.75, 3.05) is 6.61 Å². The van der Waals surface area contributed by atoms with E-state index in [0.29, 0.717) is 6.61 Å². The fraction of sp³-hybridized carbons (Fsp3) is 0.727. The van der Waals surface area contributed by atoms with Gasteiger partial charge in [0.2, 0.25) is 11.8 Å². The van der Waals surface area contributed by atoms with Crippen LogP contribution in [-0.2, 0) is 19.1 Å². The van der Waals surface area contributed by atoms with E-state index < -0.39 is 29.9 Å². The number of nitrogens with one attached hydrogen (secondary N) is 1. The van der Waals surface area contributed by atoms with E-state index in [0.717, 1.165) is 6.42 Å². The summed E-state index contributed by atoms with van der Waals surface area (Å²) in [6, 6.07) is -1.11. The monoisotopic (exact) mass is 258 g/mol. The van der Waals surface area contributed by atoms with Crippen LogP contribution >= 0.6 is 0 Å². The Labute approximate surface area is 105 Å². The van der Waals surface area contributed by atoms with Crippen LogP contribution in [0, 0.1) is 5.92 Å². The van der Waals surface area contributed by atoms with Crippen molar-refractivity contribution in [1.29, 1.82) is 0 Å². The van der Waals surface area contributed by atoms with Gasteiger partial charge in [0.25, 0.3) is 0 Å². The van der Waals surface area contributed by atoms with Crippen LogP contribution in [-0.4, -0.2) is 41.6 Å². The molecule has 0 aromatic rings. The van der Waals surface area contributed by atoms with Crippen molar-refractivity contribution in [3.63, 3.8) is 0 Å². The van der Waals surface area contributed by atoms with Gasteiger partial charge in [-0.25, -0.2) is 4.79 Å². The molecule has 4 N–H and O–H groups in total. The summed E-state index contributed by atoms with van der Waals surface area (Å²) in [5, 5.41) is 11.3. The van der Waals surface area contributed by atoms with Crippen LogP contribution in [0.5, 0.6) is 0 Å². The van der Waals surface area contributed by atoms with Crippen LogP contribution in [0.3, 0.4) is 0 Å². The Morgan fingerprint density at radius 2 is 2.17 bits per heavy atom. The molecule has 2 unspecified atom stereocenters. The molecule has 3 atom stereocenters. The minimum Gasteiger partial charge on any atom is -0.480 e. The largest absolute Gasteiger partial charge is 0.480 e. The second kappa shape index (κ2) is 6.34. The first kappa shape index (κ1) is 14.4. The Kier molecular flexibility index (Phi) is 5.08. The number of amides is 2. The third-order valence-electron chi connectivity index (χ3n) is 2.94. The van der Waals surface area contributed by atoms with E-state index >= 15 is 0 Å². The second-order valence-corrected chi connectivity index (χ2v) is 4.46. The summed E-state index contributed by atoms with van der Waals surface area (Å²) in [6.07, 6.45) is 0.0628. The lowest BCUT2D eigenvalue weighted by atomic mass is 10.0. The number of aliphatic carboxylic acids is 1.